The van der Waals surface area contributed by atoms with Crippen LogP contribution in [0.25, 0.3) is 0 Å². The van der Waals surface area contributed by atoms with E-state index in [9.17, 15) is 13.6 Å². The summed E-state index contributed by atoms with van der Waals surface area (Å²) in [7, 11) is 0. The Morgan fingerprint density at radius 1 is 1.19 bits per heavy atom. The molecule has 0 aliphatic carbocycles. The largest absolute Gasteiger partial charge is 0.389 e. The number of anilines is 1. The van der Waals surface area contributed by atoms with Gasteiger partial charge in [-0.25, -0.2) is 8.78 Å². The second kappa shape index (κ2) is 5.97. The molecule has 2 aromatic carbocycles. The van der Waals surface area contributed by atoms with E-state index >= 15 is 0 Å². The predicted octanol–water partition coefficient (Wildman–Crippen LogP) is 3.16. The lowest BCUT2D eigenvalue weighted by atomic mass is 10.1. The molecule has 0 fully saturated rings. The molecule has 2 rings (SSSR count). The molecular weight excluding hydrogens is 294 g/mol. The molecule has 0 saturated heterocycles. The van der Waals surface area contributed by atoms with Crippen LogP contribution in [0.15, 0.2) is 36.4 Å². The van der Waals surface area contributed by atoms with E-state index in [0.29, 0.717) is 17.3 Å². The van der Waals surface area contributed by atoms with Gasteiger partial charge in [0.25, 0.3) is 5.91 Å². The van der Waals surface area contributed by atoms with Crippen LogP contribution in [0.2, 0.25) is 0 Å². The first-order valence-electron chi connectivity index (χ1n) is 6.05. The number of nitrogens with two attached hydrogens (primary N) is 1. The first-order chi connectivity index (χ1) is 9.88. The molecule has 2 aromatic rings. The third-order valence-electron chi connectivity index (χ3n) is 2.90. The monoisotopic (exact) mass is 306 g/mol. The summed E-state index contributed by atoms with van der Waals surface area (Å²) in [6.45, 7) is 1.46. The molecule has 0 atom stereocenters. The van der Waals surface area contributed by atoms with Crippen LogP contribution in [0.5, 0.6) is 0 Å². The minimum atomic E-state index is -0.916. The summed E-state index contributed by atoms with van der Waals surface area (Å²) in [5, 5.41) is 2.52. The zero-order valence-electron chi connectivity index (χ0n) is 11.1. The Kier molecular flexibility index (Phi) is 4.28. The quantitative estimate of drug-likeness (QED) is 0.857. The molecule has 0 aliphatic heterocycles. The maximum Gasteiger partial charge on any atom is 0.258 e. The molecule has 3 nitrogen and oxygen atoms in total. The Bertz CT molecular complexity index is 732. The lowest BCUT2D eigenvalue weighted by Gasteiger charge is -2.08. The molecule has 0 spiro atoms. The van der Waals surface area contributed by atoms with Gasteiger partial charge in [0.2, 0.25) is 0 Å². The lowest BCUT2D eigenvalue weighted by Crippen LogP contribution is -2.15. The molecule has 3 N–H and O–H groups in total. The highest BCUT2D eigenvalue weighted by molar-refractivity contribution is 7.80. The highest BCUT2D eigenvalue weighted by Gasteiger charge is 2.15. The van der Waals surface area contributed by atoms with Crippen molar-refractivity contribution in [1.82, 2.24) is 0 Å². The number of halogens is 2. The Labute approximate surface area is 125 Å². The van der Waals surface area contributed by atoms with E-state index < -0.39 is 17.5 Å². The summed E-state index contributed by atoms with van der Waals surface area (Å²) in [6, 6.07) is 8.41. The minimum absolute atomic E-state index is 0.190. The molecule has 0 heterocycles. The third-order valence-corrected chi connectivity index (χ3v) is 3.13. The number of thiocarbonyl (C=S) groups is 1. The fourth-order valence-electron chi connectivity index (χ4n) is 1.78. The van der Waals surface area contributed by atoms with Crippen molar-refractivity contribution < 1.29 is 13.6 Å². The maximum atomic E-state index is 13.6. The van der Waals surface area contributed by atoms with Crippen LogP contribution in [0.1, 0.15) is 21.5 Å². The molecule has 1 amide bonds. The van der Waals surface area contributed by atoms with Gasteiger partial charge >= 0.3 is 0 Å². The molecule has 21 heavy (non-hydrogen) atoms. The molecule has 0 aromatic heterocycles. The van der Waals surface area contributed by atoms with Gasteiger partial charge in [0.15, 0.2) is 0 Å². The lowest BCUT2D eigenvalue weighted by molar-refractivity contribution is 0.102. The number of hydrogen-bond acceptors (Lipinski definition) is 2. The highest BCUT2D eigenvalue weighted by Crippen LogP contribution is 2.17. The Morgan fingerprint density at radius 3 is 2.57 bits per heavy atom. The fourth-order valence-corrected chi connectivity index (χ4v) is 1.91. The van der Waals surface area contributed by atoms with Crippen LogP contribution < -0.4 is 11.1 Å². The van der Waals surface area contributed by atoms with Gasteiger partial charge in [-0.15, -0.1) is 0 Å². The first kappa shape index (κ1) is 15.1. The van der Waals surface area contributed by atoms with Crippen molar-refractivity contribution in [3.8, 4) is 0 Å². The van der Waals surface area contributed by atoms with Crippen molar-refractivity contribution in [2.24, 2.45) is 5.73 Å². The average Bonchev–Trinajstić information content (AvgIpc) is 2.43. The van der Waals surface area contributed by atoms with Crippen LogP contribution >= 0.6 is 12.2 Å². The number of rotatable bonds is 3. The number of carbonyl (C=O) groups excluding carboxylic acids is 1. The Hall–Kier alpha value is -2.34. The number of amides is 1. The van der Waals surface area contributed by atoms with Gasteiger partial charge in [-0.05, 0) is 30.7 Å². The van der Waals surface area contributed by atoms with Crippen molar-refractivity contribution in [3.63, 3.8) is 0 Å². The van der Waals surface area contributed by atoms with Crippen molar-refractivity contribution in [1.29, 1.82) is 0 Å². The van der Waals surface area contributed by atoms with Gasteiger partial charge in [-0.3, -0.25) is 4.79 Å². The van der Waals surface area contributed by atoms with Crippen LogP contribution in [0.4, 0.5) is 14.5 Å². The summed E-state index contributed by atoms with van der Waals surface area (Å²) in [5.74, 6) is -2.28. The molecular formula is C15H12F2N2OS. The Balaban J connectivity index is 2.28. The summed E-state index contributed by atoms with van der Waals surface area (Å²) < 4.78 is 26.8. The zero-order chi connectivity index (χ0) is 15.6. The molecule has 0 unspecified atom stereocenters. The van der Waals surface area contributed by atoms with Gasteiger partial charge in [0.1, 0.15) is 16.6 Å². The standard InChI is InChI=1S/C15H12F2N2OS/c1-8-5-11(13(17)7-12(8)16)15(20)19-10-4-2-3-9(6-10)14(18)21/h2-7H,1H3,(H2,18,21)(H,19,20). The van der Waals surface area contributed by atoms with Gasteiger partial charge in [-0.2, -0.15) is 0 Å². The number of nitrogens with one attached hydrogen (secondary N) is 1. The van der Waals surface area contributed by atoms with Crippen LogP contribution in [-0.2, 0) is 0 Å². The average molecular weight is 306 g/mol. The summed E-state index contributed by atoms with van der Waals surface area (Å²) in [5.41, 5.74) is 6.47. The zero-order valence-corrected chi connectivity index (χ0v) is 11.9. The first-order valence-corrected chi connectivity index (χ1v) is 6.46. The third kappa shape index (κ3) is 3.41. The summed E-state index contributed by atoms with van der Waals surface area (Å²) in [4.78, 5) is 12.2. The van der Waals surface area contributed by atoms with Crippen molar-refractivity contribution in [2.45, 2.75) is 6.92 Å². The van der Waals surface area contributed by atoms with E-state index in [-0.39, 0.29) is 16.1 Å². The SMILES string of the molecule is Cc1cc(C(=O)Nc2cccc(C(N)=S)c2)c(F)cc1F. The summed E-state index contributed by atoms with van der Waals surface area (Å²) >= 11 is 4.84. The Morgan fingerprint density at radius 2 is 1.90 bits per heavy atom. The molecule has 0 saturated carbocycles. The molecule has 6 heteroatoms. The summed E-state index contributed by atoms with van der Waals surface area (Å²) in [6.07, 6.45) is 0. The minimum Gasteiger partial charge on any atom is -0.389 e. The number of carbonyl (C=O) groups is 1. The van der Waals surface area contributed by atoms with E-state index in [1.54, 1.807) is 24.3 Å². The predicted molar refractivity (Wildman–Crippen MR) is 81.4 cm³/mol. The number of aryl methyl sites for hydroxylation is 1. The second-order valence-electron chi connectivity index (χ2n) is 4.48. The fraction of sp³-hybridized carbons (Fsp3) is 0.0667. The van der Waals surface area contributed by atoms with Crippen molar-refractivity contribution >= 4 is 28.8 Å². The van der Waals surface area contributed by atoms with Gasteiger partial charge in [0.05, 0.1) is 5.56 Å². The topological polar surface area (TPSA) is 55.1 Å². The van der Waals surface area contributed by atoms with E-state index in [0.717, 1.165) is 6.07 Å². The van der Waals surface area contributed by atoms with E-state index in [1.807, 2.05) is 0 Å². The van der Waals surface area contributed by atoms with Gasteiger partial charge in [-0.1, -0.05) is 24.4 Å². The van der Waals surface area contributed by atoms with Gasteiger partial charge < -0.3 is 11.1 Å². The van der Waals surface area contributed by atoms with E-state index in [1.165, 1.54) is 6.92 Å². The van der Waals surface area contributed by atoms with Crippen molar-refractivity contribution in [2.75, 3.05) is 5.32 Å². The van der Waals surface area contributed by atoms with Crippen LogP contribution in [0, 0.1) is 18.6 Å². The van der Waals surface area contributed by atoms with Gasteiger partial charge in [0, 0.05) is 17.3 Å². The smallest absolute Gasteiger partial charge is 0.258 e. The van der Waals surface area contributed by atoms with E-state index in [4.69, 9.17) is 18.0 Å². The van der Waals surface area contributed by atoms with Crippen molar-refractivity contribution in [3.05, 3.63) is 64.7 Å². The second-order valence-corrected chi connectivity index (χ2v) is 4.92. The van der Waals surface area contributed by atoms with E-state index in [2.05, 4.69) is 5.32 Å². The number of hydrogen-bond donors (Lipinski definition) is 2. The molecule has 0 radical (unpaired) electrons. The highest BCUT2D eigenvalue weighted by atomic mass is 32.1. The number of benzene rings is 2. The molecule has 108 valence electrons. The van der Waals surface area contributed by atoms with Crippen LogP contribution in [0.3, 0.4) is 0 Å². The molecule has 0 bridgehead atoms. The normalized spacial score (nSPS) is 10.2. The van der Waals surface area contributed by atoms with Crippen LogP contribution in [-0.4, -0.2) is 10.9 Å². The molecule has 0 aliphatic rings. The maximum absolute atomic E-state index is 13.6.